The third-order valence-electron chi connectivity index (χ3n) is 6.27. The molecule has 3 unspecified atom stereocenters. The Labute approximate surface area is 216 Å². The number of ether oxygens (including phenoxy) is 3. The van der Waals surface area contributed by atoms with Gasteiger partial charge in [-0.15, -0.1) is 0 Å². The lowest BCUT2D eigenvalue weighted by Gasteiger charge is -2.35. The topological polar surface area (TPSA) is 101 Å². The van der Waals surface area contributed by atoms with E-state index in [1.807, 2.05) is 32.9 Å². The zero-order valence-electron chi connectivity index (χ0n) is 21.0. The first-order valence-electron chi connectivity index (χ1n) is 12.3. The molecule has 0 fully saturated rings. The molecule has 0 aromatic heterocycles. The fraction of sp³-hybridized carbons (Fsp3) is 0.593. The summed E-state index contributed by atoms with van der Waals surface area (Å²) < 4.78 is 18.0. The summed E-state index contributed by atoms with van der Waals surface area (Å²) in [5, 5.41) is 18.9. The highest BCUT2D eigenvalue weighted by atomic mass is 79.9. The van der Waals surface area contributed by atoms with Gasteiger partial charge in [0.2, 0.25) is 0 Å². The average molecular weight is 547 g/mol. The van der Waals surface area contributed by atoms with Gasteiger partial charge in [0.05, 0.1) is 42.4 Å². The predicted molar refractivity (Wildman–Crippen MR) is 138 cm³/mol. The molecule has 190 valence electrons. The number of nitrogens with zero attached hydrogens (tertiary/aromatic N) is 2. The Bertz CT molecular complexity index is 1030. The number of aliphatic hydroxyl groups is 1. The van der Waals surface area contributed by atoms with Gasteiger partial charge in [-0.05, 0) is 73.2 Å². The molecule has 3 rings (SSSR count). The molecule has 1 aromatic rings. The second-order valence-electron chi connectivity index (χ2n) is 9.37. The number of nitriles is 1. The van der Waals surface area contributed by atoms with Crippen molar-refractivity contribution < 1.29 is 24.1 Å². The maximum absolute atomic E-state index is 13.4. The molecule has 0 bridgehead atoms. The van der Waals surface area contributed by atoms with E-state index in [2.05, 4.69) is 28.9 Å². The molecular formula is C27H35BrN2O5. The van der Waals surface area contributed by atoms with Gasteiger partial charge in [0.1, 0.15) is 6.61 Å². The number of carbonyl (C=O) groups is 1. The summed E-state index contributed by atoms with van der Waals surface area (Å²) in [7, 11) is 0. The van der Waals surface area contributed by atoms with Gasteiger partial charge in [0.25, 0.3) is 0 Å². The zero-order valence-corrected chi connectivity index (χ0v) is 22.6. The minimum absolute atomic E-state index is 0.0416. The summed E-state index contributed by atoms with van der Waals surface area (Å²) in [6.07, 6.45) is 3.19. The SMILES string of the molecule is CCCC1CC(=O)C2=C(C1)N=C(C)C(C#N)C2c1cc(Br)c(OCCOCCO)c(OC(C)C)c1. The summed E-state index contributed by atoms with van der Waals surface area (Å²) in [6.45, 7) is 8.70. The van der Waals surface area contributed by atoms with E-state index < -0.39 is 11.8 Å². The van der Waals surface area contributed by atoms with Crippen LogP contribution in [0, 0.1) is 23.2 Å². The number of rotatable bonds is 11. The van der Waals surface area contributed by atoms with Crippen LogP contribution in [0.1, 0.15) is 64.9 Å². The molecule has 1 aliphatic heterocycles. The fourth-order valence-corrected chi connectivity index (χ4v) is 5.47. The molecule has 1 N–H and O–H groups in total. The fourth-order valence-electron chi connectivity index (χ4n) is 4.90. The monoisotopic (exact) mass is 546 g/mol. The van der Waals surface area contributed by atoms with Crippen LogP contribution in [-0.4, -0.2) is 49.1 Å². The average Bonchev–Trinajstić information content (AvgIpc) is 2.79. The largest absolute Gasteiger partial charge is 0.487 e. The van der Waals surface area contributed by atoms with Crippen molar-refractivity contribution in [3.8, 4) is 17.6 Å². The molecular weight excluding hydrogens is 512 g/mol. The number of benzene rings is 1. The number of hydrogen-bond acceptors (Lipinski definition) is 7. The molecule has 3 atom stereocenters. The molecule has 1 aliphatic carbocycles. The molecule has 1 heterocycles. The highest BCUT2D eigenvalue weighted by Crippen LogP contribution is 2.48. The predicted octanol–water partition coefficient (Wildman–Crippen LogP) is 5.36. The minimum atomic E-state index is -0.530. The van der Waals surface area contributed by atoms with Gasteiger partial charge in [-0.1, -0.05) is 13.3 Å². The number of aliphatic hydroxyl groups excluding tert-OH is 1. The summed E-state index contributed by atoms with van der Waals surface area (Å²) in [4.78, 5) is 18.1. The van der Waals surface area contributed by atoms with Crippen LogP contribution in [0.4, 0.5) is 0 Å². The van der Waals surface area contributed by atoms with Gasteiger partial charge >= 0.3 is 0 Å². The highest BCUT2D eigenvalue weighted by Gasteiger charge is 2.41. The van der Waals surface area contributed by atoms with Crippen molar-refractivity contribution in [3.05, 3.63) is 33.4 Å². The maximum atomic E-state index is 13.4. The van der Waals surface area contributed by atoms with E-state index in [9.17, 15) is 10.1 Å². The van der Waals surface area contributed by atoms with Crippen molar-refractivity contribution in [1.29, 1.82) is 5.26 Å². The van der Waals surface area contributed by atoms with Crippen molar-refractivity contribution in [2.24, 2.45) is 16.8 Å². The van der Waals surface area contributed by atoms with E-state index >= 15 is 0 Å². The molecule has 0 saturated carbocycles. The third kappa shape index (κ3) is 6.52. The van der Waals surface area contributed by atoms with Gasteiger partial charge in [-0.3, -0.25) is 9.79 Å². The maximum Gasteiger partial charge on any atom is 0.175 e. The van der Waals surface area contributed by atoms with Crippen molar-refractivity contribution >= 4 is 27.4 Å². The number of allylic oxidation sites excluding steroid dienone is 2. The van der Waals surface area contributed by atoms with Crippen LogP contribution in [-0.2, 0) is 9.53 Å². The second kappa shape index (κ2) is 12.7. The van der Waals surface area contributed by atoms with Crippen molar-refractivity contribution in [1.82, 2.24) is 0 Å². The number of Topliss-reactive ketones (excluding diaryl/α,β-unsaturated/α-hetero) is 1. The first kappa shape index (κ1) is 27.4. The van der Waals surface area contributed by atoms with Crippen LogP contribution in [0.15, 0.2) is 32.9 Å². The standard InChI is InChI=1S/C27H35BrN2O5/c1-5-6-18-11-22-26(23(32)12-18)25(20(15-29)17(4)30-22)19-13-21(28)27(24(14-19)35-16(2)3)34-10-9-33-8-7-31/h13-14,16,18,20,25,31H,5-12H2,1-4H3. The van der Waals surface area contributed by atoms with Crippen LogP contribution >= 0.6 is 15.9 Å². The first-order valence-corrected chi connectivity index (χ1v) is 13.1. The van der Waals surface area contributed by atoms with Gasteiger partial charge in [0, 0.05) is 29.3 Å². The van der Waals surface area contributed by atoms with E-state index in [0.29, 0.717) is 40.5 Å². The van der Waals surface area contributed by atoms with Crippen molar-refractivity contribution in [3.63, 3.8) is 0 Å². The van der Waals surface area contributed by atoms with E-state index in [1.165, 1.54) is 0 Å². The van der Waals surface area contributed by atoms with Crippen LogP contribution in [0.5, 0.6) is 11.5 Å². The van der Waals surface area contributed by atoms with Crippen molar-refractivity contribution in [2.45, 2.75) is 65.4 Å². The molecule has 0 spiro atoms. The Hall–Kier alpha value is -2.21. The Kier molecular flexibility index (Phi) is 9.90. The van der Waals surface area contributed by atoms with E-state index in [-0.39, 0.29) is 31.7 Å². The third-order valence-corrected chi connectivity index (χ3v) is 6.86. The Morgan fingerprint density at radius 2 is 2.03 bits per heavy atom. The first-order chi connectivity index (χ1) is 16.8. The molecule has 0 amide bonds. The molecule has 7 nitrogen and oxygen atoms in total. The number of halogens is 1. The summed E-state index contributed by atoms with van der Waals surface area (Å²) in [5.41, 5.74) is 3.07. The second-order valence-corrected chi connectivity index (χ2v) is 10.2. The van der Waals surface area contributed by atoms with Gasteiger partial charge in [0.15, 0.2) is 17.3 Å². The van der Waals surface area contributed by atoms with Gasteiger partial charge in [-0.25, -0.2) is 0 Å². The smallest absolute Gasteiger partial charge is 0.175 e. The van der Waals surface area contributed by atoms with E-state index in [4.69, 9.17) is 24.3 Å². The molecule has 0 saturated heterocycles. The quantitative estimate of drug-likeness (QED) is 0.375. The lowest BCUT2D eigenvalue weighted by Crippen LogP contribution is -2.32. The lowest BCUT2D eigenvalue weighted by atomic mass is 9.70. The number of carbonyl (C=O) groups excluding carboxylic acids is 1. The van der Waals surface area contributed by atoms with Crippen LogP contribution in [0.2, 0.25) is 0 Å². The summed E-state index contributed by atoms with van der Waals surface area (Å²) in [6, 6.07) is 6.20. The Balaban J connectivity index is 2.02. The van der Waals surface area contributed by atoms with Gasteiger partial charge in [-0.2, -0.15) is 5.26 Å². The Morgan fingerprint density at radius 1 is 1.26 bits per heavy atom. The number of ketones is 1. The van der Waals surface area contributed by atoms with Crippen LogP contribution in [0.3, 0.4) is 0 Å². The highest BCUT2D eigenvalue weighted by molar-refractivity contribution is 9.10. The normalized spacial score (nSPS) is 22.1. The molecule has 8 heteroatoms. The number of hydrogen-bond donors (Lipinski definition) is 1. The van der Waals surface area contributed by atoms with Crippen LogP contribution in [0.25, 0.3) is 0 Å². The van der Waals surface area contributed by atoms with Crippen molar-refractivity contribution in [2.75, 3.05) is 26.4 Å². The molecule has 1 aromatic carbocycles. The minimum Gasteiger partial charge on any atom is -0.487 e. The van der Waals surface area contributed by atoms with E-state index in [1.54, 1.807) is 0 Å². The molecule has 0 radical (unpaired) electrons. The Morgan fingerprint density at radius 3 is 2.69 bits per heavy atom. The van der Waals surface area contributed by atoms with Gasteiger partial charge < -0.3 is 19.3 Å². The van der Waals surface area contributed by atoms with Crippen LogP contribution < -0.4 is 9.47 Å². The summed E-state index contributed by atoms with van der Waals surface area (Å²) in [5.74, 6) is 0.537. The summed E-state index contributed by atoms with van der Waals surface area (Å²) >= 11 is 3.63. The van der Waals surface area contributed by atoms with E-state index in [0.717, 1.165) is 36.2 Å². The molecule has 2 aliphatic rings. The lowest BCUT2D eigenvalue weighted by molar-refractivity contribution is -0.117. The molecule has 35 heavy (non-hydrogen) atoms. The zero-order chi connectivity index (χ0) is 25.5. The number of aliphatic imine (C=N–C) groups is 1.